The van der Waals surface area contributed by atoms with Crippen LogP contribution in [0.15, 0.2) is 0 Å². The van der Waals surface area contributed by atoms with Crippen LogP contribution in [-0.4, -0.2) is 141 Å². The third-order valence-corrected chi connectivity index (χ3v) is 18.4. The van der Waals surface area contributed by atoms with Gasteiger partial charge in [0.1, 0.15) is 30.5 Å². The minimum atomic E-state index is -1.61. The summed E-state index contributed by atoms with van der Waals surface area (Å²) in [5.41, 5.74) is -2.06. The van der Waals surface area contributed by atoms with Gasteiger partial charge in [0.05, 0.1) is 43.2 Å². The molecule has 2 spiro atoms. The molecule has 15 nitrogen and oxygen atoms in total. The van der Waals surface area contributed by atoms with Gasteiger partial charge in [-0.25, -0.2) is 0 Å². The number of esters is 2. The number of rotatable bonds is 8. The average Bonchev–Trinajstić information content (AvgIpc) is 3.52. The van der Waals surface area contributed by atoms with Crippen molar-refractivity contribution in [2.24, 2.45) is 50.2 Å². The zero-order chi connectivity index (χ0) is 44.6. The standard InChI is InChI=1S/C46H74O15/c1-22(48)56-34-25(51)20-55-39(35(34)57-23(2)49)60-30-12-14-46-21-45(46)16-15-42(8)36(44(10)13-11-29(61-44)40(3,4)5)24(50)18-43(42,9)28(45)17-26(37(46)41(30,6)7)58-38-33(54)32(53)31(52)27(19-47)59-38/h24-39,47,50-54H,11-21H2,1-10H3/t24-,25?,26-,27?,28?,29?,30-,31?,32?,33?,34?,35?,36?,37?,38?,39?,42+,43-,44?,45?,46?/m0/s1. The van der Waals surface area contributed by atoms with Gasteiger partial charge in [0, 0.05) is 19.8 Å². The molecule has 6 N–H and O–H groups in total. The molecule has 348 valence electrons. The lowest BCUT2D eigenvalue weighted by molar-refractivity contribution is -0.339. The van der Waals surface area contributed by atoms with Gasteiger partial charge < -0.3 is 63.8 Å². The summed E-state index contributed by atoms with van der Waals surface area (Å²) in [5, 5.41) is 66.3. The van der Waals surface area contributed by atoms with Crippen LogP contribution in [0.25, 0.3) is 0 Å². The fraction of sp³-hybridized carbons (Fsp3) is 0.957. The molecular formula is C46H74O15. The second-order valence-corrected chi connectivity index (χ2v) is 22.9. The Morgan fingerprint density at radius 1 is 0.738 bits per heavy atom. The van der Waals surface area contributed by atoms with Gasteiger partial charge in [0.2, 0.25) is 0 Å². The third-order valence-electron chi connectivity index (χ3n) is 18.4. The largest absolute Gasteiger partial charge is 0.455 e. The minimum Gasteiger partial charge on any atom is -0.455 e. The molecule has 0 radical (unpaired) electrons. The van der Waals surface area contributed by atoms with E-state index >= 15 is 0 Å². The summed E-state index contributed by atoms with van der Waals surface area (Å²) in [6.07, 6.45) is -6.37. The molecule has 8 aliphatic rings. The lowest BCUT2D eigenvalue weighted by Gasteiger charge is -2.65. The van der Waals surface area contributed by atoms with Crippen LogP contribution in [0, 0.1) is 50.2 Å². The Balaban J connectivity index is 1.15. The Bertz CT molecular complexity index is 1680. The lowest BCUT2D eigenvalue weighted by Crippen LogP contribution is -2.65. The first-order chi connectivity index (χ1) is 28.3. The maximum Gasteiger partial charge on any atom is 0.303 e. The number of hydrogen-bond donors (Lipinski definition) is 6. The second kappa shape index (κ2) is 15.3. The maximum absolute atomic E-state index is 12.4. The lowest BCUT2D eigenvalue weighted by atomic mass is 9.41. The van der Waals surface area contributed by atoms with Crippen molar-refractivity contribution in [1.29, 1.82) is 0 Å². The first-order valence-corrected chi connectivity index (χ1v) is 22.9. The Kier molecular flexibility index (Phi) is 11.5. The van der Waals surface area contributed by atoms with E-state index < -0.39 is 103 Å². The average molecular weight is 867 g/mol. The Labute approximate surface area is 360 Å². The maximum atomic E-state index is 12.4. The van der Waals surface area contributed by atoms with E-state index in [2.05, 4.69) is 55.4 Å². The molecule has 8 rings (SSSR count). The van der Waals surface area contributed by atoms with Crippen LogP contribution in [-0.2, 0) is 42.7 Å². The van der Waals surface area contributed by atoms with Crippen LogP contribution in [0.3, 0.4) is 0 Å². The van der Waals surface area contributed by atoms with E-state index in [1.54, 1.807) is 0 Å². The van der Waals surface area contributed by atoms with Gasteiger partial charge in [-0.2, -0.15) is 0 Å². The van der Waals surface area contributed by atoms with Crippen molar-refractivity contribution in [3.05, 3.63) is 0 Å². The summed E-state index contributed by atoms with van der Waals surface area (Å²) in [4.78, 5) is 24.5. The molecule has 3 saturated heterocycles. The van der Waals surface area contributed by atoms with Crippen molar-refractivity contribution in [2.75, 3.05) is 13.2 Å². The van der Waals surface area contributed by atoms with Crippen LogP contribution in [0.2, 0.25) is 0 Å². The molecule has 21 atom stereocenters. The highest BCUT2D eigenvalue weighted by atomic mass is 16.7. The molecule has 3 heterocycles. The molecule has 0 aromatic rings. The predicted molar refractivity (Wildman–Crippen MR) is 216 cm³/mol. The van der Waals surface area contributed by atoms with Gasteiger partial charge in [0.15, 0.2) is 24.8 Å². The quantitative estimate of drug-likeness (QED) is 0.153. The van der Waals surface area contributed by atoms with Gasteiger partial charge in [-0.05, 0) is 109 Å². The monoisotopic (exact) mass is 867 g/mol. The third kappa shape index (κ3) is 6.90. The van der Waals surface area contributed by atoms with E-state index in [4.69, 9.17) is 33.2 Å². The first-order valence-electron chi connectivity index (χ1n) is 22.9. The molecule has 16 unspecified atom stereocenters. The van der Waals surface area contributed by atoms with Gasteiger partial charge >= 0.3 is 11.9 Å². The first kappa shape index (κ1) is 46.0. The highest BCUT2D eigenvalue weighted by molar-refractivity contribution is 5.67. The zero-order valence-corrected chi connectivity index (χ0v) is 37.9. The van der Waals surface area contributed by atoms with Crippen molar-refractivity contribution < 1.29 is 73.4 Å². The van der Waals surface area contributed by atoms with Crippen molar-refractivity contribution in [2.45, 2.75) is 212 Å². The highest BCUT2D eigenvalue weighted by Crippen LogP contribution is 2.89. The Morgan fingerprint density at radius 2 is 1.41 bits per heavy atom. The number of fused-ring (bicyclic) bond motifs is 2. The van der Waals surface area contributed by atoms with E-state index in [1.807, 2.05) is 0 Å². The van der Waals surface area contributed by atoms with Crippen LogP contribution in [0.1, 0.15) is 127 Å². The summed E-state index contributed by atoms with van der Waals surface area (Å²) >= 11 is 0. The molecular weight excluding hydrogens is 792 g/mol. The Hall–Kier alpha value is -1.50. The van der Waals surface area contributed by atoms with E-state index in [-0.39, 0.29) is 57.5 Å². The van der Waals surface area contributed by atoms with Crippen LogP contribution in [0.5, 0.6) is 0 Å². The smallest absolute Gasteiger partial charge is 0.303 e. The molecule has 61 heavy (non-hydrogen) atoms. The molecule has 3 aliphatic heterocycles. The second-order valence-electron chi connectivity index (χ2n) is 22.9. The van der Waals surface area contributed by atoms with E-state index in [0.717, 1.165) is 38.5 Å². The number of aliphatic hydroxyl groups is 6. The summed E-state index contributed by atoms with van der Waals surface area (Å²) in [7, 11) is 0. The highest BCUT2D eigenvalue weighted by Gasteiger charge is 2.85. The van der Waals surface area contributed by atoms with Gasteiger partial charge in [0.25, 0.3) is 0 Å². The molecule has 8 fully saturated rings. The van der Waals surface area contributed by atoms with Crippen LogP contribution >= 0.6 is 0 Å². The summed E-state index contributed by atoms with van der Waals surface area (Å²) in [5.74, 6) is -1.46. The normalized spacial score (nSPS) is 53.8. The number of ether oxygens (including phenoxy) is 7. The number of carbonyl (C=O) groups is 2. The van der Waals surface area contributed by atoms with Crippen molar-refractivity contribution in [1.82, 2.24) is 0 Å². The molecule has 0 bridgehead atoms. The van der Waals surface area contributed by atoms with Crippen molar-refractivity contribution >= 4 is 11.9 Å². The summed E-state index contributed by atoms with van der Waals surface area (Å²) in [6, 6.07) is 0. The van der Waals surface area contributed by atoms with Crippen LogP contribution in [0.4, 0.5) is 0 Å². The van der Waals surface area contributed by atoms with Gasteiger partial charge in [-0.3, -0.25) is 9.59 Å². The molecule has 0 amide bonds. The van der Waals surface area contributed by atoms with E-state index in [0.29, 0.717) is 19.3 Å². The minimum absolute atomic E-state index is 0.0268. The summed E-state index contributed by atoms with van der Waals surface area (Å²) < 4.78 is 44.0. The van der Waals surface area contributed by atoms with Gasteiger partial charge in [-0.15, -0.1) is 0 Å². The predicted octanol–water partition coefficient (Wildman–Crippen LogP) is 3.14. The molecule has 0 aromatic heterocycles. The van der Waals surface area contributed by atoms with Crippen LogP contribution < -0.4 is 0 Å². The zero-order valence-electron chi connectivity index (χ0n) is 37.9. The number of carbonyl (C=O) groups excluding carboxylic acids is 2. The Morgan fingerprint density at radius 3 is 2.03 bits per heavy atom. The van der Waals surface area contributed by atoms with Crippen molar-refractivity contribution in [3.8, 4) is 0 Å². The van der Waals surface area contributed by atoms with Gasteiger partial charge in [-0.1, -0.05) is 48.5 Å². The molecule has 5 aliphatic carbocycles. The fourth-order valence-corrected chi connectivity index (χ4v) is 15.6. The molecule has 15 heteroatoms. The molecule has 5 saturated carbocycles. The van der Waals surface area contributed by atoms with Crippen molar-refractivity contribution in [3.63, 3.8) is 0 Å². The van der Waals surface area contributed by atoms with E-state index in [9.17, 15) is 40.2 Å². The van der Waals surface area contributed by atoms with E-state index in [1.165, 1.54) is 13.8 Å². The SMILES string of the molecule is CC(=O)OC1C(O)COC(O[C@H]2CCC34CC35CC[C@]3(C)C(C6(C)CCC(C(C)(C)C)O6)[C@@H](O)C[C@@]3(C)C5C[C@H](OC3OC(CO)C(O)C(O)C3O)C4C2(C)C)C1OC(C)=O. The number of aliphatic hydroxyl groups excluding tert-OH is 6. The topological polar surface area (TPSA) is 220 Å². The summed E-state index contributed by atoms with van der Waals surface area (Å²) in [6.45, 7) is 19.6. The fourth-order valence-electron chi connectivity index (χ4n) is 15.6. The number of hydrogen-bond acceptors (Lipinski definition) is 15. The molecule has 0 aromatic carbocycles.